The Morgan fingerprint density at radius 2 is 1.83 bits per heavy atom. The molecule has 1 saturated heterocycles. The number of nitrogens with one attached hydrogen (secondary N) is 1. The van der Waals surface area contributed by atoms with Crippen molar-refractivity contribution in [2.24, 2.45) is 0 Å². The van der Waals surface area contributed by atoms with Crippen molar-refractivity contribution in [3.05, 3.63) is 53.1 Å². The molecule has 0 unspecified atom stereocenters. The van der Waals surface area contributed by atoms with Gasteiger partial charge in [0.2, 0.25) is 0 Å². The van der Waals surface area contributed by atoms with Gasteiger partial charge in [0.25, 0.3) is 5.91 Å². The molecule has 0 saturated carbocycles. The fraction of sp³-hybridized carbons (Fsp3) is 0.235. The molecule has 1 amide bonds. The van der Waals surface area contributed by atoms with Crippen LogP contribution in [0.5, 0.6) is 5.75 Å². The van der Waals surface area contributed by atoms with Gasteiger partial charge >= 0.3 is 0 Å². The molecular weight excluding hydrogens is 316 g/mol. The first-order chi connectivity index (χ1) is 11.1. The Morgan fingerprint density at radius 3 is 2.52 bits per heavy atom. The Kier molecular flexibility index (Phi) is 4.69. The number of halogens is 1. The van der Waals surface area contributed by atoms with E-state index in [2.05, 4.69) is 10.2 Å². The monoisotopic (exact) mass is 332 g/mol. The molecule has 1 aliphatic heterocycles. The first-order valence-electron chi connectivity index (χ1n) is 7.36. The number of aromatic hydroxyl groups is 1. The maximum absolute atomic E-state index is 12.4. The van der Waals surface area contributed by atoms with Crippen molar-refractivity contribution in [1.29, 1.82) is 0 Å². The highest BCUT2D eigenvalue weighted by molar-refractivity contribution is 6.31. The van der Waals surface area contributed by atoms with Crippen LogP contribution in [0.3, 0.4) is 0 Å². The van der Waals surface area contributed by atoms with Crippen LogP contribution in [0.1, 0.15) is 10.4 Å². The van der Waals surface area contributed by atoms with Crippen LogP contribution < -0.4 is 10.2 Å². The van der Waals surface area contributed by atoms with Crippen LogP contribution in [0.4, 0.5) is 11.4 Å². The molecule has 23 heavy (non-hydrogen) atoms. The Bertz CT molecular complexity index is 697. The summed E-state index contributed by atoms with van der Waals surface area (Å²) in [5.74, 6) is -0.108. The standard InChI is InChI=1S/C17H17ClN2O3/c18-13-3-6-15(16(11-13)20-7-9-23-10-8-20)19-17(22)12-1-4-14(21)5-2-12/h1-6,11,21H,7-10H2,(H,19,22). The molecule has 5 nitrogen and oxygen atoms in total. The minimum atomic E-state index is -0.234. The minimum absolute atomic E-state index is 0.127. The number of ether oxygens (including phenoxy) is 1. The quantitative estimate of drug-likeness (QED) is 0.906. The van der Waals surface area contributed by atoms with Crippen molar-refractivity contribution in [3.8, 4) is 5.75 Å². The summed E-state index contributed by atoms with van der Waals surface area (Å²) in [5, 5.41) is 12.8. The van der Waals surface area contributed by atoms with Crippen LogP contribution in [0.15, 0.2) is 42.5 Å². The summed E-state index contributed by atoms with van der Waals surface area (Å²) in [6, 6.07) is 11.5. The van der Waals surface area contributed by atoms with Crippen molar-refractivity contribution in [2.75, 3.05) is 36.5 Å². The van der Waals surface area contributed by atoms with Crippen LogP contribution in [-0.4, -0.2) is 37.3 Å². The Hall–Kier alpha value is -2.24. The molecule has 1 fully saturated rings. The summed E-state index contributed by atoms with van der Waals surface area (Å²) in [4.78, 5) is 14.5. The lowest BCUT2D eigenvalue weighted by molar-refractivity contribution is 0.102. The molecule has 2 aromatic rings. The molecule has 120 valence electrons. The van der Waals surface area contributed by atoms with Gasteiger partial charge in [0, 0.05) is 23.7 Å². The van der Waals surface area contributed by atoms with Gasteiger partial charge in [-0.1, -0.05) is 11.6 Å². The van der Waals surface area contributed by atoms with Gasteiger partial charge in [-0.05, 0) is 42.5 Å². The fourth-order valence-corrected chi connectivity index (χ4v) is 2.65. The lowest BCUT2D eigenvalue weighted by atomic mass is 10.2. The zero-order valence-electron chi connectivity index (χ0n) is 12.5. The fourth-order valence-electron chi connectivity index (χ4n) is 2.48. The SMILES string of the molecule is O=C(Nc1ccc(Cl)cc1N1CCOCC1)c1ccc(O)cc1. The van der Waals surface area contributed by atoms with Crippen LogP contribution in [0, 0.1) is 0 Å². The van der Waals surface area contributed by atoms with Gasteiger partial charge < -0.3 is 20.1 Å². The van der Waals surface area contributed by atoms with E-state index in [4.69, 9.17) is 16.3 Å². The highest BCUT2D eigenvalue weighted by atomic mass is 35.5. The first kappa shape index (κ1) is 15.6. The third-order valence-corrected chi connectivity index (χ3v) is 3.92. The number of carbonyl (C=O) groups is 1. The van der Waals surface area contributed by atoms with E-state index in [-0.39, 0.29) is 11.7 Å². The van der Waals surface area contributed by atoms with Crippen LogP contribution in [0.2, 0.25) is 5.02 Å². The van der Waals surface area contributed by atoms with Crippen molar-refractivity contribution in [1.82, 2.24) is 0 Å². The van der Waals surface area contributed by atoms with E-state index < -0.39 is 0 Å². The third-order valence-electron chi connectivity index (χ3n) is 3.69. The average Bonchev–Trinajstić information content (AvgIpc) is 2.58. The van der Waals surface area contributed by atoms with Gasteiger partial charge in [-0.25, -0.2) is 0 Å². The molecule has 0 atom stereocenters. The Labute approximate surface area is 139 Å². The number of hydrogen-bond acceptors (Lipinski definition) is 4. The van der Waals surface area contributed by atoms with E-state index >= 15 is 0 Å². The second-order valence-corrected chi connectivity index (χ2v) is 5.70. The van der Waals surface area contributed by atoms with Gasteiger partial charge in [0.05, 0.1) is 24.6 Å². The van der Waals surface area contributed by atoms with Gasteiger partial charge in [0.15, 0.2) is 0 Å². The predicted octanol–water partition coefficient (Wildman–Crippen LogP) is 3.13. The molecule has 2 aromatic carbocycles. The van der Waals surface area contributed by atoms with E-state index in [1.165, 1.54) is 12.1 Å². The summed E-state index contributed by atoms with van der Waals surface area (Å²) in [6.45, 7) is 2.81. The van der Waals surface area contributed by atoms with Crippen LogP contribution >= 0.6 is 11.6 Å². The average molecular weight is 333 g/mol. The number of hydrogen-bond donors (Lipinski definition) is 2. The van der Waals surface area contributed by atoms with Gasteiger partial charge in [-0.15, -0.1) is 0 Å². The molecule has 2 N–H and O–H groups in total. The molecule has 0 aliphatic carbocycles. The smallest absolute Gasteiger partial charge is 0.255 e. The number of nitrogens with zero attached hydrogens (tertiary/aromatic N) is 1. The zero-order chi connectivity index (χ0) is 16.2. The number of morpholine rings is 1. The van der Waals surface area contributed by atoms with E-state index in [0.717, 1.165) is 18.8 Å². The first-order valence-corrected chi connectivity index (χ1v) is 7.74. The number of amides is 1. The maximum atomic E-state index is 12.4. The molecule has 1 aliphatic rings. The van der Waals surface area contributed by atoms with E-state index in [0.29, 0.717) is 29.5 Å². The van der Waals surface area contributed by atoms with E-state index in [1.54, 1.807) is 24.3 Å². The number of rotatable bonds is 3. The van der Waals surface area contributed by atoms with E-state index in [9.17, 15) is 9.90 Å². The Balaban J connectivity index is 1.84. The van der Waals surface area contributed by atoms with Gasteiger partial charge in [-0.2, -0.15) is 0 Å². The second kappa shape index (κ2) is 6.89. The summed E-state index contributed by atoms with van der Waals surface area (Å²) in [6.07, 6.45) is 0. The number of carbonyl (C=O) groups excluding carboxylic acids is 1. The Morgan fingerprint density at radius 1 is 1.13 bits per heavy atom. The predicted molar refractivity (Wildman–Crippen MR) is 90.5 cm³/mol. The van der Waals surface area contributed by atoms with Crippen molar-refractivity contribution >= 4 is 28.9 Å². The normalized spacial score (nSPS) is 14.6. The topological polar surface area (TPSA) is 61.8 Å². The number of phenols is 1. The van der Waals surface area contributed by atoms with E-state index in [1.807, 2.05) is 6.07 Å². The van der Waals surface area contributed by atoms with Crippen molar-refractivity contribution in [2.45, 2.75) is 0 Å². The minimum Gasteiger partial charge on any atom is -0.508 e. The summed E-state index contributed by atoms with van der Waals surface area (Å²) in [5.41, 5.74) is 2.06. The molecule has 0 bridgehead atoms. The molecular formula is C17H17ClN2O3. The second-order valence-electron chi connectivity index (χ2n) is 5.26. The molecule has 1 heterocycles. The number of anilines is 2. The third kappa shape index (κ3) is 3.75. The lowest BCUT2D eigenvalue weighted by Gasteiger charge is -2.30. The lowest BCUT2D eigenvalue weighted by Crippen LogP contribution is -2.36. The highest BCUT2D eigenvalue weighted by Crippen LogP contribution is 2.30. The van der Waals surface area contributed by atoms with Crippen LogP contribution in [0.25, 0.3) is 0 Å². The molecule has 3 rings (SSSR count). The van der Waals surface area contributed by atoms with Gasteiger partial charge in [0.1, 0.15) is 5.75 Å². The van der Waals surface area contributed by atoms with Gasteiger partial charge in [-0.3, -0.25) is 4.79 Å². The maximum Gasteiger partial charge on any atom is 0.255 e. The summed E-state index contributed by atoms with van der Waals surface area (Å²) in [7, 11) is 0. The molecule has 0 radical (unpaired) electrons. The van der Waals surface area contributed by atoms with Crippen molar-refractivity contribution < 1.29 is 14.6 Å². The molecule has 6 heteroatoms. The summed E-state index contributed by atoms with van der Waals surface area (Å²) < 4.78 is 5.37. The van der Waals surface area contributed by atoms with Crippen LogP contribution in [-0.2, 0) is 4.74 Å². The summed E-state index contributed by atoms with van der Waals surface area (Å²) >= 11 is 6.11. The zero-order valence-corrected chi connectivity index (χ0v) is 13.2. The number of benzene rings is 2. The molecule has 0 spiro atoms. The molecule has 0 aromatic heterocycles. The largest absolute Gasteiger partial charge is 0.508 e. The highest BCUT2D eigenvalue weighted by Gasteiger charge is 2.17. The van der Waals surface area contributed by atoms with Crippen molar-refractivity contribution in [3.63, 3.8) is 0 Å². The number of phenolic OH excluding ortho intramolecular Hbond substituents is 1.